The van der Waals surface area contributed by atoms with Crippen LogP contribution in [0.5, 0.6) is 0 Å². The van der Waals surface area contributed by atoms with Crippen molar-refractivity contribution in [2.45, 2.75) is 70.5 Å². The van der Waals surface area contributed by atoms with Crippen LogP contribution in [-0.2, 0) is 9.59 Å². The minimum atomic E-state index is 0.0952. The highest BCUT2D eigenvalue weighted by molar-refractivity contribution is 5.79. The van der Waals surface area contributed by atoms with Crippen LogP contribution in [0.3, 0.4) is 0 Å². The van der Waals surface area contributed by atoms with Gasteiger partial charge < -0.3 is 20.0 Å². The molecular formula is C21H36N4O2. The minimum Gasteiger partial charge on any atom is -0.339 e. The first-order valence-electron chi connectivity index (χ1n) is 11.1. The Morgan fingerprint density at radius 1 is 1.00 bits per heavy atom. The molecule has 0 aromatic carbocycles. The normalized spacial score (nSPS) is 34.0. The second-order valence-corrected chi connectivity index (χ2v) is 9.29. The molecule has 4 atom stereocenters. The third-order valence-electron chi connectivity index (χ3n) is 7.28. The molecule has 27 heavy (non-hydrogen) atoms. The lowest BCUT2D eigenvalue weighted by atomic mass is 9.92. The molecule has 0 bridgehead atoms. The van der Waals surface area contributed by atoms with Crippen molar-refractivity contribution < 1.29 is 9.59 Å². The number of piperidine rings is 2. The van der Waals surface area contributed by atoms with Gasteiger partial charge in [0.05, 0.1) is 0 Å². The molecule has 4 heterocycles. The van der Waals surface area contributed by atoms with Crippen molar-refractivity contribution in [2.24, 2.45) is 11.8 Å². The number of carbonyl (C=O) groups excluding carboxylic acids is 2. The summed E-state index contributed by atoms with van der Waals surface area (Å²) in [5.74, 6) is 1.35. The summed E-state index contributed by atoms with van der Waals surface area (Å²) in [7, 11) is 0. The van der Waals surface area contributed by atoms with Gasteiger partial charge in [0.2, 0.25) is 11.8 Å². The maximum Gasteiger partial charge on any atom is 0.225 e. The summed E-state index contributed by atoms with van der Waals surface area (Å²) in [5, 5.41) is 3.56. The zero-order valence-corrected chi connectivity index (χ0v) is 17.0. The zero-order chi connectivity index (χ0) is 19.0. The van der Waals surface area contributed by atoms with Gasteiger partial charge in [-0.25, -0.2) is 0 Å². The molecule has 0 aliphatic carbocycles. The second-order valence-electron chi connectivity index (χ2n) is 9.29. The fourth-order valence-corrected chi connectivity index (χ4v) is 5.84. The highest BCUT2D eigenvalue weighted by Crippen LogP contribution is 2.32. The van der Waals surface area contributed by atoms with Crippen molar-refractivity contribution in [1.82, 2.24) is 20.0 Å². The van der Waals surface area contributed by atoms with E-state index in [4.69, 9.17) is 0 Å². The monoisotopic (exact) mass is 376 g/mol. The molecule has 2 unspecified atom stereocenters. The van der Waals surface area contributed by atoms with Crippen LogP contribution in [0.1, 0.15) is 52.4 Å². The Hall–Kier alpha value is -1.14. The maximum atomic E-state index is 12.8. The third-order valence-corrected chi connectivity index (χ3v) is 7.28. The smallest absolute Gasteiger partial charge is 0.225 e. The first kappa shape index (κ1) is 19.2. The molecule has 4 fully saturated rings. The summed E-state index contributed by atoms with van der Waals surface area (Å²) in [6.45, 7) is 9.86. The summed E-state index contributed by atoms with van der Waals surface area (Å²) >= 11 is 0. The number of carbonyl (C=O) groups is 2. The number of nitrogens with one attached hydrogen (secondary N) is 1. The van der Waals surface area contributed by atoms with Gasteiger partial charge in [-0.15, -0.1) is 0 Å². The van der Waals surface area contributed by atoms with E-state index < -0.39 is 0 Å². The van der Waals surface area contributed by atoms with Crippen LogP contribution in [0, 0.1) is 11.8 Å². The largest absolute Gasteiger partial charge is 0.339 e. The fourth-order valence-electron chi connectivity index (χ4n) is 5.84. The Bertz CT molecular complexity index is 566. The Kier molecular flexibility index (Phi) is 5.74. The highest BCUT2D eigenvalue weighted by atomic mass is 16.2. The SMILES string of the molecule is CC(C)C(=O)N1CCC2CN(CCC(=O)N3CCC[C@@H]4NCC[C@@H]43)CCC21. The predicted molar refractivity (Wildman–Crippen MR) is 105 cm³/mol. The van der Waals surface area contributed by atoms with Gasteiger partial charge in [-0.3, -0.25) is 9.59 Å². The topological polar surface area (TPSA) is 55.9 Å². The Morgan fingerprint density at radius 2 is 1.85 bits per heavy atom. The zero-order valence-electron chi connectivity index (χ0n) is 17.0. The van der Waals surface area contributed by atoms with Crippen molar-refractivity contribution >= 4 is 11.8 Å². The summed E-state index contributed by atoms with van der Waals surface area (Å²) < 4.78 is 0. The lowest BCUT2D eigenvalue weighted by Gasteiger charge is -2.40. The van der Waals surface area contributed by atoms with E-state index in [1.54, 1.807) is 0 Å². The number of rotatable bonds is 4. The molecule has 4 rings (SSSR count). The molecule has 6 heteroatoms. The molecule has 152 valence electrons. The van der Waals surface area contributed by atoms with Crippen LogP contribution in [0.25, 0.3) is 0 Å². The van der Waals surface area contributed by atoms with E-state index in [-0.39, 0.29) is 5.92 Å². The molecule has 6 nitrogen and oxygen atoms in total. The van der Waals surface area contributed by atoms with E-state index in [0.29, 0.717) is 42.3 Å². The van der Waals surface area contributed by atoms with Gasteiger partial charge in [0.25, 0.3) is 0 Å². The van der Waals surface area contributed by atoms with Crippen LogP contribution in [0.15, 0.2) is 0 Å². The van der Waals surface area contributed by atoms with Gasteiger partial charge in [0.15, 0.2) is 0 Å². The standard InChI is InChI=1S/C21H36N4O2/c1-15(2)21(27)25-13-6-16-14-23(11-7-18(16)25)12-8-20(26)24-10-3-4-17-19(24)5-9-22-17/h15-19,22H,3-14H2,1-2H3/t16?,17-,18?,19-/m0/s1. The molecule has 0 saturated carbocycles. The van der Waals surface area contributed by atoms with Gasteiger partial charge in [0, 0.05) is 63.2 Å². The average Bonchev–Trinajstić information content (AvgIpc) is 3.31. The van der Waals surface area contributed by atoms with Gasteiger partial charge in [-0.2, -0.15) is 0 Å². The number of likely N-dealkylation sites (tertiary alicyclic amines) is 3. The third kappa shape index (κ3) is 3.88. The molecule has 1 N–H and O–H groups in total. The van der Waals surface area contributed by atoms with Gasteiger partial charge in [-0.1, -0.05) is 13.8 Å². The number of nitrogens with zero attached hydrogens (tertiary/aromatic N) is 3. The van der Waals surface area contributed by atoms with Crippen molar-refractivity contribution in [3.05, 3.63) is 0 Å². The van der Waals surface area contributed by atoms with Gasteiger partial charge in [-0.05, 0) is 44.6 Å². The van der Waals surface area contributed by atoms with Crippen LogP contribution >= 0.6 is 0 Å². The molecule has 4 aliphatic rings. The van der Waals surface area contributed by atoms with Gasteiger partial charge >= 0.3 is 0 Å². The molecule has 0 aromatic rings. The average molecular weight is 377 g/mol. The van der Waals surface area contributed by atoms with E-state index in [9.17, 15) is 9.59 Å². The van der Waals surface area contributed by atoms with Crippen LogP contribution < -0.4 is 5.32 Å². The quantitative estimate of drug-likeness (QED) is 0.804. The first-order valence-corrected chi connectivity index (χ1v) is 11.1. The summed E-state index contributed by atoms with van der Waals surface area (Å²) in [6.07, 6.45) is 6.30. The van der Waals surface area contributed by atoms with E-state index >= 15 is 0 Å². The molecular weight excluding hydrogens is 340 g/mol. The summed E-state index contributed by atoms with van der Waals surface area (Å²) in [4.78, 5) is 32.0. The van der Waals surface area contributed by atoms with Gasteiger partial charge in [0.1, 0.15) is 0 Å². The van der Waals surface area contributed by atoms with Crippen LogP contribution in [-0.4, -0.2) is 83.9 Å². The van der Waals surface area contributed by atoms with E-state index in [0.717, 1.165) is 65.0 Å². The second kappa shape index (κ2) is 8.08. The van der Waals surface area contributed by atoms with Crippen molar-refractivity contribution in [1.29, 1.82) is 0 Å². The minimum absolute atomic E-state index is 0.0952. The van der Waals surface area contributed by atoms with Crippen LogP contribution in [0.4, 0.5) is 0 Å². The molecule has 4 aliphatic heterocycles. The number of hydrogen-bond donors (Lipinski definition) is 1. The van der Waals surface area contributed by atoms with E-state index in [1.807, 2.05) is 13.8 Å². The molecule has 4 saturated heterocycles. The lowest BCUT2D eigenvalue weighted by Crippen LogP contribution is -2.52. The number of fused-ring (bicyclic) bond motifs is 2. The Balaban J connectivity index is 1.26. The number of amides is 2. The Morgan fingerprint density at radius 3 is 2.67 bits per heavy atom. The molecule has 0 aromatic heterocycles. The predicted octanol–water partition coefficient (Wildman–Crippen LogP) is 1.31. The molecule has 2 amide bonds. The fraction of sp³-hybridized carbons (Fsp3) is 0.905. The summed E-state index contributed by atoms with van der Waals surface area (Å²) in [6, 6.07) is 1.39. The van der Waals surface area contributed by atoms with Crippen LogP contribution in [0.2, 0.25) is 0 Å². The van der Waals surface area contributed by atoms with E-state index in [1.165, 1.54) is 6.42 Å². The van der Waals surface area contributed by atoms with Crippen molar-refractivity contribution in [3.63, 3.8) is 0 Å². The Labute approximate surface area is 163 Å². The highest BCUT2D eigenvalue weighted by Gasteiger charge is 2.41. The first-order chi connectivity index (χ1) is 13.0. The lowest BCUT2D eigenvalue weighted by molar-refractivity contribution is -0.136. The summed E-state index contributed by atoms with van der Waals surface area (Å²) in [5.41, 5.74) is 0. The maximum absolute atomic E-state index is 12.8. The molecule has 0 radical (unpaired) electrons. The van der Waals surface area contributed by atoms with Crippen molar-refractivity contribution in [2.75, 3.05) is 39.3 Å². The molecule has 0 spiro atoms. The number of hydrogen-bond acceptors (Lipinski definition) is 4. The van der Waals surface area contributed by atoms with Crippen molar-refractivity contribution in [3.8, 4) is 0 Å². The van der Waals surface area contributed by atoms with E-state index in [2.05, 4.69) is 20.0 Å².